The Hall–Kier alpha value is -1.35. The second-order valence-corrected chi connectivity index (χ2v) is 4.60. The van der Waals surface area contributed by atoms with Gasteiger partial charge in [0.2, 0.25) is 0 Å². The lowest BCUT2D eigenvalue weighted by molar-refractivity contribution is 0.480. The first-order valence-electron chi connectivity index (χ1n) is 5.84. The fourth-order valence-corrected chi connectivity index (χ4v) is 2.05. The van der Waals surface area contributed by atoms with Gasteiger partial charge in [-0.15, -0.1) is 0 Å². The average Bonchev–Trinajstić information content (AvgIpc) is 2.61. The molecule has 86 valence electrons. The Kier molecular flexibility index (Phi) is 3.25. The van der Waals surface area contributed by atoms with Crippen LogP contribution in [0.5, 0.6) is 0 Å². The fraction of sp³-hybridized carbons (Fsp3) is 0.462. The normalized spacial score (nSPS) is 13.5. The van der Waals surface area contributed by atoms with Gasteiger partial charge in [0, 0.05) is 24.7 Å². The number of fused-ring (bicyclic) bond motifs is 1. The molecule has 0 fully saturated rings. The molecule has 1 unspecified atom stereocenters. The Morgan fingerprint density at radius 3 is 2.88 bits per heavy atom. The van der Waals surface area contributed by atoms with Gasteiger partial charge in [0.1, 0.15) is 5.82 Å². The summed E-state index contributed by atoms with van der Waals surface area (Å²) in [4.78, 5) is 4.47. The van der Waals surface area contributed by atoms with Crippen molar-refractivity contribution in [1.82, 2.24) is 14.7 Å². The Bertz CT molecular complexity index is 459. The number of rotatable bonds is 4. The highest BCUT2D eigenvalue weighted by atomic mass is 15.0. The number of aromatic nitrogens is 2. The van der Waals surface area contributed by atoms with E-state index in [1.165, 1.54) is 0 Å². The zero-order valence-corrected chi connectivity index (χ0v) is 10.1. The molecule has 0 radical (unpaired) electrons. The maximum absolute atomic E-state index is 4.47. The van der Waals surface area contributed by atoms with E-state index in [-0.39, 0.29) is 0 Å². The van der Waals surface area contributed by atoms with Crippen molar-refractivity contribution < 1.29 is 0 Å². The van der Waals surface area contributed by atoms with Crippen LogP contribution < -0.4 is 5.32 Å². The van der Waals surface area contributed by atoms with Gasteiger partial charge in [0.15, 0.2) is 0 Å². The molecule has 0 aliphatic heterocycles. The van der Waals surface area contributed by atoms with Crippen LogP contribution in [0, 0.1) is 0 Å². The lowest BCUT2D eigenvalue weighted by Crippen LogP contribution is -2.34. The summed E-state index contributed by atoms with van der Waals surface area (Å²) in [7, 11) is 0. The van der Waals surface area contributed by atoms with Crippen molar-refractivity contribution >= 4 is 5.52 Å². The third-order valence-corrected chi connectivity index (χ3v) is 2.62. The van der Waals surface area contributed by atoms with Gasteiger partial charge in [-0.3, -0.25) is 0 Å². The van der Waals surface area contributed by atoms with Crippen LogP contribution in [0.2, 0.25) is 0 Å². The SMILES string of the molecule is CC(C)NC(C)Cc1ncc2ccccn12. The molecule has 0 aromatic carbocycles. The molecule has 1 atom stereocenters. The Morgan fingerprint density at radius 2 is 2.12 bits per heavy atom. The van der Waals surface area contributed by atoms with Crippen LogP contribution in [-0.2, 0) is 6.42 Å². The first-order valence-corrected chi connectivity index (χ1v) is 5.84. The molecule has 16 heavy (non-hydrogen) atoms. The molecule has 0 spiro atoms. The Balaban J connectivity index is 2.15. The van der Waals surface area contributed by atoms with Gasteiger partial charge in [-0.25, -0.2) is 4.98 Å². The second kappa shape index (κ2) is 4.66. The minimum absolute atomic E-state index is 0.450. The number of hydrogen-bond donors (Lipinski definition) is 1. The summed E-state index contributed by atoms with van der Waals surface area (Å²) in [6.07, 6.45) is 4.95. The van der Waals surface area contributed by atoms with E-state index in [1.807, 2.05) is 18.3 Å². The van der Waals surface area contributed by atoms with E-state index in [4.69, 9.17) is 0 Å². The molecule has 2 aromatic heterocycles. The summed E-state index contributed by atoms with van der Waals surface area (Å²) in [5.74, 6) is 1.12. The first-order chi connectivity index (χ1) is 7.66. The van der Waals surface area contributed by atoms with E-state index in [0.717, 1.165) is 17.8 Å². The molecule has 0 saturated heterocycles. The standard InChI is InChI=1S/C13H19N3/c1-10(2)15-11(3)8-13-14-9-12-6-4-5-7-16(12)13/h4-7,9-11,15H,8H2,1-3H3. The molecule has 1 N–H and O–H groups in total. The van der Waals surface area contributed by atoms with Crippen molar-refractivity contribution in [2.75, 3.05) is 0 Å². The highest BCUT2D eigenvalue weighted by molar-refractivity contribution is 5.45. The summed E-state index contributed by atoms with van der Waals surface area (Å²) in [5, 5.41) is 3.49. The third-order valence-electron chi connectivity index (χ3n) is 2.62. The highest BCUT2D eigenvalue weighted by Crippen LogP contribution is 2.08. The van der Waals surface area contributed by atoms with Crippen LogP contribution >= 0.6 is 0 Å². The molecule has 2 rings (SSSR count). The van der Waals surface area contributed by atoms with Gasteiger partial charge in [0.05, 0.1) is 11.7 Å². The number of pyridine rings is 1. The smallest absolute Gasteiger partial charge is 0.114 e. The molecule has 2 heterocycles. The van der Waals surface area contributed by atoms with Crippen LogP contribution in [0.25, 0.3) is 5.52 Å². The molecular formula is C13H19N3. The molecule has 0 aliphatic rings. The van der Waals surface area contributed by atoms with Crippen molar-refractivity contribution in [3.8, 4) is 0 Å². The average molecular weight is 217 g/mol. The van der Waals surface area contributed by atoms with Crippen molar-refractivity contribution in [2.45, 2.75) is 39.3 Å². The van der Waals surface area contributed by atoms with Crippen molar-refractivity contribution in [3.05, 3.63) is 36.4 Å². The number of hydrogen-bond acceptors (Lipinski definition) is 2. The molecule has 0 aliphatic carbocycles. The topological polar surface area (TPSA) is 29.3 Å². The Labute approximate surface area is 96.5 Å². The lowest BCUT2D eigenvalue weighted by Gasteiger charge is -2.15. The maximum atomic E-state index is 4.47. The van der Waals surface area contributed by atoms with E-state index in [1.54, 1.807) is 0 Å². The molecule has 3 nitrogen and oxygen atoms in total. The zero-order chi connectivity index (χ0) is 11.5. The molecule has 0 bridgehead atoms. The summed E-state index contributed by atoms with van der Waals surface area (Å²) in [6, 6.07) is 7.12. The van der Waals surface area contributed by atoms with Gasteiger partial charge in [-0.1, -0.05) is 19.9 Å². The van der Waals surface area contributed by atoms with E-state index in [9.17, 15) is 0 Å². The lowest BCUT2D eigenvalue weighted by atomic mass is 10.2. The quantitative estimate of drug-likeness (QED) is 0.851. The van der Waals surface area contributed by atoms with Crippen molar-refractivity contribution in [1.29, 1.82) is 0 Å². The number of imidazole rings is 1. The van der Waals surface area contributed by atoms with Gasteiger partial charge in [-0.05, 0) is 19.1 Å². The van der Waals surface area contributed by atoms with Gasteiger partial charge in [-0.2, -0.15) is 0 Å². The van der Waals surface area contributed by atoms with Crippen LogP contribution in [0.1, 0.15) is 26.6 Å². The van der Waals surface area contributed by atoms with Gasteiger partial charge >= 0.3 is 0 Å². The third kappa shape index (κ3) is 2.42. The number of nitrogens with one attached hydrogen (secondary N) is 1. The highest BCUT2D eigenvalue weighted by Gasteiger charge is 2.08. The van der Waals surface area contributed by atoms with E-state index in [0.29, 0.717) is 12.1 Å². The predicted octanol–water partition coefficient (Wildman–Crippen LogP) is 2.26. The maximum Gasteiger partial charge on any atom is 0.114 e. The largest absolute Gasteiger partial charge is 0.312 e. The van der Waals surface area contributed by atoms with Crippen LogP contribution in [0.4, 0.5) is 0 Å². The Morgan fingerprint density at radius 1 is 1.31 bits per heavy atom. The van der Waals surface area contributed by atoms with Gasteiger partial charge in [0.25, 0.3) is 0 Å². The van der Waals surface area contributed by atoms with Crippen molar-refractivity contribution in [2.24, 2.45) is 0 Å². The molecule has 3 heteroatoms. The minimum Gasteiger partial charge on any atom is -0.312 e. The molecular weight excluding hydrogens is 198 g/mol. The molecule has 2 aromatic rings. The summed E-state index contributed by atoms with van der Waals surface area (Å²) in [5.41, 5.74) is 1.16. The fourth-order valence-electron chi connectivity index (χ4n) is 2.05. The predicted molar refractivity (Wildman–Crippen MR) is 66.6 cm³/mol. The number of nitrogens with zero attached hydrogens (tertiary/aromatic N) is 2. The van der Waals surface area contributed by atoms with Crippen LogP contribution in [0.3, 0.4) is 0 Å². The van der Waals surface area contributed by atoms with E-state index in [2.05, 4.69) is 47.7 Å². The zero-order valence-electron chi connectivity index (χ0n) is 10.1. The van der Waals surface area contributed by atoms with Crippen LogP contribution in [0.15, 0.2) is 30.6 Å². The molecule has 0 amide bonds. The molecule has 0 saturated carbocycles. The second-order valence-electron chi connectivity index (χ2n) is 4.60. The van der Waals surface area contributed by atoms with Gasteiger partial charge < -0.3 is 9.72 Å². The first kappa shape index (κ1) is 11.1. The summed E-state index contributed by atoms with van der Waals surface area (Å²) in [6.45, 7) is 6.53. The van der Waals surface area contributed by atoms with E-state index >= 15 is 0 Å². The summed E-state index contributed by atoms with van der Waals surface area (Å²) >= 11 is 0. The van der Waals surface area contributed by atoms with Crippen molar-refractivity contribution in [3.63, 3.8) is 0 Å². The monoisotopic (exact) mass is 217 g/mol. The minimum atomic E-state index is 0.450. The van der Waals surface area contributed by atoms with E-state index < -0.39 is 0 Å². The summed E-state index contributed by atoms with van der Waals surface area (Å²) < 4.78 is 2.15. The van der Waals surface area contributed by atoms with Crippen LogP contribution in [-0.4, -0.2) is 21.5 Å².